The zero-order valence-electron chi connectivity index (χ0n) is 13.0. The number of β-amino-alcohol motifs (C(OH)–C–C–N with tert-alkyl or cyclic N) is 1. The molecule has 2 aliphatic heterocycles. The Kier molecular flexibility index (Phi) is 4.95. The van der Waals surface area contributed by atoms with Crippen LogP contribution in [0.2, 0.25) is 0 Å². The van der Waals surface area contributed by atoms with Gasteiger partial charge in [0.25, 0.3) is 0 Å². The van der Waals surface area contributed by atoms with Crippen LogP contribution in [0, 0.1) is 0 Å². The van der Waals surface area contributed by atoms with E-state index in [1.165, 1.54) is 0 Å². The van der Waals surface area contributed by atoms with E-state index in [9.17, 15) is 14.7 Å². The Morgan fingerprint density at radius 3 is 2.91 bits per heavy atom. The van der Waals surface area contributed by atoms with Gasteiger partial charge in [0.05, 0.1) is 19.2 Å². The number of aliphatic hydroxyl groups excluding tert-OH is 1. The maximum atomic E-state index is 12.2. The smallest absolute Gasteiger partial charge is 0.239 e. The van der Waals surface area contributed by atoms with E-state index in [-0.39, 0.29) is 24.5 Å². The van der Waals surface area contributed by atoms with Crippen LogP contribution in [0.1, 0.15) is 25.7 Å². The zero-order chi connectivity index (χ0) is 15.5. The summed E-state index contributed by atoms with van der Waals surface area (Å²) >= 11 is 0. The molecule has 3 rings (SSSR count). The van der Waals surface area contributed by atoms with Crippen molar-refractivity contribution in [3.05, 3.63) is 0 Å². The van der Waals surface area contributed by atoms with E-state index in [2.05, 4.69) is 15.5 Å². The SMILES string of the molecule is O=C1CN(C(=O)CN[C@@H]2CCC[C@@H]2N2CCC(O)C2)CCN1. The first kappa shape index (κ1) is 15.7. The van der Waals surface area contributed by atoms with Crippen molar-refractivity contribution >= 4 is 11.8 Å². The molecule has 0 aromatic carbocycles. The molecule has 7 heteroatoms. The summed E-state index contributed by atoms with van der Waals surface area (Å²) in [7, 11) is 0. The van der Waals surface area contributed by atoms with E-state index < -0.39 is 0 Å². The Bertz CT molecular complexity index is 431. The number of nitrogens with one attached hydrogen (secondary N) is 2. The molecule has 2 saturated heterocycles. The van der Waals surface area contributed by atoms with Gasteiger partial charge in [-0.2, -0.15) is 0 Å². The molecule has 3 fully saturated rings. The zero-order valence-corrected chi connectivity index (χ0v) is 13.0. The third-order valence-electron chi connectivity index (χ3n) is 5.05. The number of carbonyl (C=O) groups is 2. The van der Waals surface area contributed by atoms with E-state index in [0.29, 0.717) is 31.7 Å². The van der Waals surface area contributed by atoms with Crippen LogP contribution in [-0.4, -0.2) is 84.2 Å². The summed E-state index contributed by atoms with van der Waals surface area (Å²) in [5, 5.41) is 15.8. The molecule has 3 aliphatic rings. The van der Waals surface area contributed by atoms with Crippen LogP contribution in [0.15, 0.2) is 0 Å². The van der Waals surface area contributed by atoms with Gasteiger partial charge >= 0.3 is 0 Å². The maximum Gasteiger partial charge on any atom is 0.239 e. The Hall–Kier alpha value is -1.18. The highest BCUT2D eigenvalue weighted by molar-refractivity contribution is 5.86. The number of nitrogens with zero attached hydrogens (tertiary/aromatic N) is 2. The van der Waals surface area contributed by atoms with Crippen molar-refractivity contribution in [2.24, 2.45) is 0 Å². The number of hydrogen-bond acceptors (Lipinski definition) is 5. The number of carbonyl (C=O) groups excluding carboxylic acids is 2. The van der Waals surface area contributed by atoms with Crippen molar-refractivity contribution in [1.82, 2.24) is 20.4 Å². The standard InChI is InChI=1S/C15H26N4O3/c20-11-4-6-18(9-11)13-3-1-2-12(13)17-8-15(22)19-7-5-16-14(21)10-19/h11-13,17,20H,1-10H2,(H,16,21)/t11?,12-,13+/m1/s1. The lowest BCUT2D eigenvalue weighted by atomic mass is 10.1. The summed E-state index contributed by atoms with van der Waals surface area (Å²) in [5.74, 6) is -0.0775. The molecule has 0 radical (unpaired) electrons. The number of amides is 2. The summed E-state index contributed by atoms with van der Waals surface area (Å²) in [6, 6.07) is 0.738. The number of rotatable bonds is 4. The molecule has 2 amide bonds. The fraction of sp³-hybridized carbons (Fsp3) is 0.867. The van der Waals surface area contributed by atoms with E-state index in [1.54, 1.807) is 4.90 Å². The topological polar surface area (TPSA) is 84.9 Å². The van der Waals surface area contributed by atoms with Gasteiger partial charge in [0, 0.05) is 38.3 Å². The van der Waals surface area contributed by atoms with Gasteiger partial charge < -0.3 is 20.6 Å². The average Bonchev–Trinajstić information content (AvgIpc) is 3.13. The molecular weight excluding hydrogens is 284 g/mol. The summed E-state index contributed by atoms with van der Waals surface area (Å²) < 4.78 is 0. The molecule has 2 heterocycles. The Balaban J connectivity index is 1.47. The summed E-state index contributed by atoms with van der Waals surface area (Å²) in [6.45, 7) is 3.31. The van der Waals surface area contributed by atoms with Crippen molar-refractivity contribution in [2.75, 3.05) is 39.3 Å². The summed E-state index contributed by atoms with van der Waals surface area (Å²) in [4.78, 5) is 27.5. The van der Waals surface area contributed by atoms with Gasteiger partial charge in [-0.25, -0.2) is 0 Å². The van der Waals surface area contributed by atoms with E-state index in [4.69, 9.17) is 0 Å². The number of piperazine rings is 1. The van der Waals surface area contributed by atoms with Crippen molar-refractivity contribution in [1.29, 1.82) is 0 Å². The maximum absolute atomic E-state index is 12.2. The molecular formula is C15H26N4O3. The van der Waals surface area contributed by atoms with Crippen molar-refractivity contribution in [3.63, 3.8) is 0 Å². The highest BCUT2D eigenvalue weighted by Gasteiger charge is 2.35. The molecule has 1 saturated carbocycles. The minimum atomic E-state index is -0.199. The second-order valence-electron chi connectivity index (χ2n) is 6.59. The first-order valence-electron chi connectivity index (χ1n) is 8.33. The van der Waals surface area contributed by atoms with Crippen LogP contribution in [0.5, 0.6) is 0 Å². The van der Waals surface area contributed by atoms with Crippen LogP contribution in [0.25, 0.3) is 0 Å². The lowest BCUT2D eigenvalue weighted by Crippen LogP contribution is -2.54. The van der Waals surface area contributed by atoms with Crippen molar-refractivity contribution < 1.29 is 14.7 Å². The predicted molar refractivity (Wildman–Crippen MR) is 81.2 cm³/mol. The van der Waals surface area contributed by atoms with Crippen LogP contribution in [-0.2, 0) is 9.59 Å². The molecule has 0 aromatic heterocycles. The molecule has 0 aromatic rings. The fourth-order valence-electron chi connectivity index (χ4n) is 3.87. The summed E-state index contributed by atoms with van der Waals surface area (Å²) in [5.41, 5.74) is 0. The Morgan fingerprint density at radius 2 is 2.18 bits per heavy atom. The average molecular weight is 310 g/mol. The van der Waals surface area contributed by atoms with Crippen LogP contribution in [0.4, 0.5) is 0 Å². The van der Waals surface area contributed by atoms with Gasteiger partial charge in [-0.3, -0.25) is 14.5 Å². The van der Waals surface area contributed by atoms with E-state index in [1.807, 2.05) is 0 Å². The third kappa shape index (κ3) is 3.59. The van der Waals surface area contributed by atoms with Gasteiger partial charge in [-0.05, 0) is 19.3 Å². The fourth-order valence-corrected chi connectivity index (χ4v) is 3.87. The van der Waals surface area contributed by atoms with Gasteiger partial charge in [-0.1, -0.05) is 6.42 Å². The molecule has 7 nitrogen and oxygen atoms in total. The first-order valence-corrected chi connectivity index (χ1v) is 8.33. The van der Waals surface area contributed by atoms with Crippen LogP contribution in [0.3, 0.4) is 0 Å². The van der Waals surface area contributed by atoms with Gasteiger partial charge in [0.1, 0.15) is 0 Å². The molecule has 1 aliphatic carbocycles. The minimum Gasteiger partial charge on any atom is -0.392 e. The van der Waals surface area contributed by atoms with Gasteiger partial charge in [0.2, 0.25) is 11.8 Å². The van der Waals surface area contributed by atoms with E-state index in [0.717, 1.165) is 38.8 Å². The van der Waals surface area contributed by atoms with Crippen molar-refractivity contribution in [2.45, 2.75) is 43.9 Å². The van der Waals surface area contributed by atoms with Crippen molar-refractivity contribution in [3.8, 4) is 0 Å². The largest absolute Gasteiger partial charge is 0.392 e. The van der Waals surface area contributed by atoms with E-state index >= 15 is 0 Å². The monoisotopic (exact) mass is 310 g/mol. The van der Waals surface area contributed by atoms with Gasteiger partial charge in [0.15, 0.2) is 0 Å². The third-order valence-corrected chi connectivity index (χ3v) is 5.05. The second kappa shape index (κ2) is 6.93. The normalized spacial score (nSPS) is 33.2. The molecule has 22 heavy (non-hydrogen) atoms. The number of aliphatic hydroxyl groups is 1. The van der Waals surface area contributed by atoms with Gasteiger partial charge in [-0.15, -0.1) is 0 Å². The molecule has 3 atom stereocenters. The van der Waals surface area contributed by atoms with Crippen LogP contribution >= 0.6 is 0 Å². The minimum absolute atomic E-state index is 0.00181. The first-order chi connectivity index (χ1) is 10.6. The quantitative estimate of drug-likeness (QED) is 0.590. The lowest BCUT2D eigenvalue weighted by Gasteiger charge is -2.31. The number of likely N-dealkylation sites (tertiary alicyclic amines) is 1. The molecule has 0 bridgehead atoms. The highest BCUT2D eigenvalue weighted by Crippen LogP contribution is 2.27. The van der Waals surface area contributed by atoms with Crippen LogP contribution < -0.4 is 10.6 Å². The Labute approximate surface area is 131 Å². The molecule has 3 N–H and O–H groups in total. The highest BCUT2D eigenvalue weighted by atomic mass is 16.3. The molecule has 0 spiro atoms. The number of hydrogen-bond donors (Lipinski definition) is 3. The lowest BCUT2D eigenvalue weighted by molar-refractivity contribution is -0.137. The molecule has 1 unspecified atom stereocenters. The second-order valence-corrected chi connectivity index (χ2v) is 6.59. The predicted octanol–water partition coefficient (Wildman–Crippen LogP) is -1.48. The summed E-state index contributed by atoms with van der Waals surface area (Å²) in [6.07, 6.45) is 4.02. The Morgan fingerprint density at radius 1 is 1.32 bits per heavy atom. The molecule has 124 valence electrons.